The second kappa shape index (κ2) is 9.16. The van der Waals surface area contributed by atoms with Gasteiger partial charge in [0.05, 0.1) is 17.9 Å². The van der Waals surface area contributed by atoms with Gasteiger partial charge >= 0.3 is 0 Å². The molecule has 1 aliphatic carbocycles. The fourth-order valence-corrected chi connectivity index (χ4v) is 4.85. The Hall–Kier alpha value is -4.54. The lowest BCUT2D eigenvalue weighted by atomic mass is 9.97. The second-order valence-corrected chi connectivity index (χ2v) is 9.20. The Bertz CT molecular complexity index is 1540. The van der Waals surface area contributed by atoms with E-state index < -0.39 is 11.7 Å². The molecule has 1 unspecified atom stereocenters. The first-order valence-electron chi connectivity index (χ1n) is 12.1. The van der Waals surface area contributed by atoms with Crippen molar-refractivity contribution < 1.29 is 18.4 Å². The molecule has 0 bridgehead atoms. The fourth-order valence-electron chi connectivity index (χ4n) is 4.85. The van der Waals surface area contributed by atoms with Gasteiger partial charge in [-0.05, 0) is 62.1 Å². The Morgan fingerprint density at radius 1 is 1.14 bits per heavy atom. The van der Waals surface area contributed by atoms with E-state index in [4.69, 9.17) is 4.42 Å². The predicted molar refractivity (Wildman–Crippen MR) is 132 cm³/mol. The zero-order chi connectivity index (χ0) is 25.5. The minimum Gasteiger partial charge on any atom is -0.463 e. The smallest absolute Gasteiger partial charge is 0.255 e. The van der Waals surface area contributed by atoms with Crippen LogP contribution in [0.1, 0.15) is 30.5 Å². The van der Waals surface area contributed by atoms with Gasteiger partial charge in [0.25, 0.3) is 5.56 Å². The number of H-pyrrole nitrogens is 1. The maximum absolute atomic E-state index is 13.3. The largest absolute Gasteiger partial charge is 0.463 e. The number of carbonyl (C=O) groups excluding carboxylic acids is 2. The third-order valence-corrected chi connectivity index (χ3v) is 6.75. The molecule has 4 aromatic rings. The van der Waals surface area contributed by atoms with Gasteiger partial charge in [0.1, 0.15) is 17.3 Å². The van der Waals surface area contributed by atoms with E-state index in [-0.39, 0.29) is 42.1 Å². The molecular weight excluding hydrogens is 479 g/mol. The molecule has 6 rings (SSSR count). The minimum absolute atomic E-state index is 0.0102. The lowest BCUT2D eigenvalue weighted by Crippen LogP contribution is -2.29. The quantitative estimate of drug-likeness (QED) is 0.432. The number of fused-ring (bicyclic) bond motifs is 1. The molecule has 0 radical (unpaired) electrons. The molecule has 11 heteroatoms. The van der Waals surface area contributed by atoms with Crippen LogP contribution in [0.3, 0.4) is 0 Å². The van der Waals surface area contributed by atoms with Gasteiger partial charge in [-0.25, -0.2) is 9.37 Å². The van der Waals surface area contributed by atoms with Crippen LogP contribution in [0.5, 0.6) is 0 Å². The van der Waals surface area contributed by atoms with E-state index in [0.717, 1.165) is 18.5 Å². The number of amides is 2. The van der Waals surface area contributed by atoms with E-state index in [2.05, 4.69) is 20.4 Å². The molecule has 4 heterocycles. The first-order chi connectivity index (χ1) is 18.0. The number of carbonyl (C=O) groups is 2. The van der Waals surface area contributed by atoms with E-state index >= 15 is 0 Å². The fraction of sp³-hybridized carbons (Fsp3) is 0.269. The van der Waals surface area contributed by atoms with Crippen molar-refractivity contribution >= 4 is 23.3 Å². The van der Waals surface area contributed by atoms with Crippen LogP contribution < -0.4 is 15.8 Å². The summed E-state index contributed by atoms with van der Waals surface area (Å²) in [5.41, 5.74) is 2.17. The molecule has 2 amide bonds. The van der Waals surface area contributed by atoms with Crippen LogP contribution in [0.25, 0.3) is 17.4 Å². The average Bonchev–Trinajstić information content (AvgIpc) is 3.65. The Morgan fingerprint density at radius 3 is 2.73 bits per heavy atom. The van der Waals surface area contributed by atoms with E-state index in [1.165, 1.54) is 40.1 Å². The molecule has 2 aliphatic rings. The number of hydrogen-bond acceptors (Lipinski definition) is 6. The number of hydrogen-bond donors (Lipinski definition) is 2. The van der Waals surface area contributed by atoms with Crippen LogP contribution in [0.4, 0.5) is 15.9 Å². The summed E-state index contributed by atoms with van der Waals surface area (Å²) in [5.74, 6) is -0.699. The average molecular weight is 503 g/mol. The number of anilines is 2. The molecule has 1 aliphatic heterocycles. The predicted octanol–water partition coefficient (Wildman–Crippen LogP) is 3.23. The molecule has 2 N–H and O–H groups in total. The Morgan fingerprint density at radius 2 is 1.95 bits per heavy atom. The number of benzene rings is 1. The zero-order valence-corrected chi connectivity index (χ0v) is 19.7. The van der Waals surface area contributed by atoms with Crippen molar-refractivity contribution in [3.05, 3.63) is 76.2 Å². The number of aryl methyl sites for hydroxylation is 1. The highest BCUT2D eigenvalue weighted by atomic mass is 19.1. The number of rotatable bonds is 5. The number of nitrogens with zero attached hydrogens (tertiary/aromatic N) is 4. The SMILES string of the molecule is O=C(Nc1cc(-c2ccco2)nn1-c1nc2c(c(=O)[nH]1)CCCC2)C1CC(=O)N(c2ccc(F)cc2)C1. The summed E-state index contributed by atoms with van der Waals surface area (Å²) >= 11 is 0. The van der Waals surface area contributed by atoms with Crippen LogP contribution in [-0.4, -0.2) is 38.1 Å². The highest BCUT2D eigenvalue weighted by molar-refractivity contribution is 6.03. The van der Waals surface area contributed by atoms with Crippen LogP contribution in [0.2, 0.25) is 0 Å². The van der Waals surface area contributed by atoms with E-state index in [0.29, 0.717) is 35.5 Å². The van der Waals surface area contributed by atoms with Crippen molar-refractivity contribution in [1.29, 1.82) is 0 Å². The molecule has 0 spiro atoms. The summed E-state index contributed by atoms with van der Waals surface area (Å²) in [6.45, 7) is 0.156. The number of furan rings is 1. The maximum Gasteiger partial charge on any atom is 0.255 e. The van der Waals surface area contributed by atoms with Gasteiger partial charge in [-0.1, -0.05) is 0 Å². The van der Waals surface area contributed by atoms with Gasteiger partial charge in [0.15, 0.2) is 5.76 Å². The number of nitrogens with one attached hydrogen (secondary N) is 2. The van der Waals surface area contributed by atoms with Gasteiger partial charge in [0.2, 0.25) is 17.8 Å². The summed E-state index contributed by atoms with van der Waals surface area (Å²) < 4.78 is 20.2. The number of aromatic nitrogens is 4. The van der Waals surface area contributed by atoms with Crippen molar-refractivity contribution in [3.63, 3.8) is 0 Å². The molecule has 188 valence electrons. The first kappa shape index (κ1) is 22.9. The number of aromatic amines is 1. The van der Waals surface area contributed by atoms with Crippen LogP contribution >= 0.6 is 0 Å². The third-order valence-electron chi connectivity index (χ3n) is 6.75. The topological polar surface area (TPSA) is 126 Å². The van der Waals surface area contributed by atoms with Crippen LogP contribution in [0.15, 0.2) is 57.9 Å². The second-order valence-electron chi connectivity index (χ2n) is 9.20. The van der Waals surface area contributed by atoms with Crippen LogP contribution in [0, 0.1) is 11.7 Å². The lowest BCUT2D eigenvalue weighted by molar-refractivity contribution is -0.122. The van der Waals surface area contributed by atoms with Crippen molar-refractivity contribution in [2.45, 2.75) is 32.1 Å². The van der Waals surface area contributed by atoms with Crippen molar-refractivity contribution in [2.24, 2.45) is 5.92 Å². The first-order valence-corrected chi connectivity index (χ1v) is 12.1. The van der Waals surface area contributed by atoms with Gasteiger partial charge in [0, 0.05) is 30.3 Å². The monoisotopic (exact) mass is 502 g/mol. The normalized spacial score (nSPS) is 17.2. The molecule has 37 heavy (non-hydrogen) atoms. The summed E-state index contributed by atoms with van der Waals surface area (Å²) in [6.07, 6.45) is 4.79. The van der Waals surface area contributed by atoms with E-state index in [9.17, 15) is 18.8 Å². The minimum atomic E-state index is -0.636. The summed E-state index contributed by atoms with van der Waals surface area (Å²) in [7, 11) is 0. The van der Waals surface area contributed by atoms with Gasteiger partial charge in [-0.3, -0.25) is 19.4 Å². The molecule has 1 atom stereocenters. The molecule has 10 nitrogen and oxygen atoms in total. The zero-order valence-electron chi connectivity index (χ0n) is 19.7. The Labute approximate surface area is 210 Å². The van der Waals surface area contributed by atoms with Crippen molar-refractivity contribution in [3.8, 4) is 17.4 Å². The van der Waals surface area contributed by atoms with Crippen molar-refractivity contribution in [1.82, 2.24) is 19.7 Å². The highest BCUT2D eigenvalue weighted by Gasteiger charge is 2.36. The number of halogens is 1. The van der Waals surface area contributed by atoms with E-state index in [1.54, 1.807) is 18.2 Å². The summed E-state index contributed by atoms with van der Waals surface area (Å²) in [4.78, 5) is 47.5. The summed E-state index contributed by atoms with van der Waals surface area (Å²) in [5, 5.41) is 7.39. The molecule has 3 aromatic heterocycles. The molecule has 0 saturated carbocycles. The van der Waals surface area contributed by atoms with Crippen LogP contribution in [-0.2, 0) is 22.4 Å². The van der Waals surface area contributed by atoms with Crippen molar-refractivity contribution in [2.75, 3.05) is 16.8 Å². The third kappa shape index (κ3) is 4.32. The highest BCUT2D eigenvalue weighted by Crippen LogP contribution is 2.28. The van der Waals surface area contributed by atoms with Gasteiger partial charge in [-0.2, -0.15) is 9.78 Å². The van der Waals surface area contributed by atoms with Gasteiger partial charge < -0.3 is 14.6 Å². The Balaban J connectivity index is 1.31. The van der Waals surface area contributed by atoms with E-state index in [1.807, 2.05) is 0 Å². The standard InChI is InChI=1S/C26H23FN6O4/c27-16-7-9-17(10-8-16)32-14-15(12-23(32)34)24(35)29-22-13-20(21-6-3-11-37-21)31-33(22)26-28-19-5-2-1-4-18(19)25(36)30-26/h3,6-11,13,15H,1-2,4-5,12,14H2,(H,29,35)(H,28,30,36). The maximum atomic E-state index is 13.3. The molecule has 1 fully saturated rings. The van der Waals surface area contributed by atoms with Gasteiger partial charge in [-0.15, -0.1) is 0 Å². The summed E-state index contributed by atoms with van der Waals surface area (Å²) in [6, 6.07) is 10.7. The lowest BCUT2D eigenvalue weighted by Gasteiger charge is -2.17. The molecule has 1 saturated heterocycles. The molecule has 1 aromatic carbocycles. The molecular formula is C26H23FN6O4. The Kier molecular flexibility index (Phi) is 5.67.